The molecule has 2 heterocycles. The van der Waals surface area contributed by atoms with Crippen LogP contribution in [0, 0.1) is 6.92 Å². The number of ketones is 1. The van der Waals surface area contributed by atoms with Crippen LogP contribution in [0.2, 0.25) is 0 Å². The fraction of sp³-hybridized carbons (Fsp3) is 0.222. The summed E-state index contributed by atoms with van der Waals surface area (Å²) in [6.07, 6.45) is 5.31. The third-order valence-electron chi connectivity index (χ3n) is 1.80. The van der Waals surface area contributed by atoms with Crippen LogP contribution in [0.5, 0.6) is 0 Å². The van der Waals surface area contributed by atoms with Gasteiger partial charge in [0, 0.05) is 25.5 Å². The normalized spacial score (nSPS) is 10.6. The molecule has 2 aromatic heterocycles. The van der Waals surface area contributed by atoms with Crippen molar-refractivity contribution in [2.24, 2.45) is 0 Å². The molecule has 0 spiro atoms. The zero-order valence-corrected chi connectivity index (χ0v) is 7.48. The summed E-state index contributed by atoms with van der Waals surface area (Å²) in [7, 11) is 0. The van der Waals surface area contributed by atoms with Gasteiger partial charge in [0.2, 0.25) is 5.78 Å². The molecule has 0 aliphatic rings. The number of nitrogens with zero attached hydrogens (tertiary/aromatic N) is 3. The van der Waals surface area contributed by atoms with Crippen LogP contribution in [0.1, 0.15) is 23.0 Å². The summed E-state index contributed by atoms with van der Waals surface area (Å²) in [5.74, 6) is 0.527. The SMILES string of the molecule is CC(=O)c1cn2cc(C)cnc2n1. The molecule has 0 amide bonds. The summed E-state index contributed by atoms with van der Waals surface area (Å²) in [5.41, 5.74) is 1.50. The highest BCUT2D eigenvalue weighted by atomic mass is 16.1. The van der Waals surface area contributed by atoms with Gasteiger partial charge in [0.05, 0.1) is 0 Å². The lowest BCUT2D eigenvalue weighted by Gasteiger charge is -1.91. The fourth-order valence-corrected chi connectivity index (χ4v) is 1.16. The van der Waals surface area contributed by atoms with Gasteiger partial charge in [0.1, 0.15) is 5.69 Å². The summed E-state index contributed by atoms with van der Waals surface area (Å²) in [5, 5.41) is 0. The van der Waals surface area contributed by atoms with E-state index in [1.807, 2.05) is 13.1 Å². The lowest BCUT2D eigenvalue weighted by Crippen LogP contribution is -1.90. The first kappa shape index (κ1) is 7.91. The van der Waals surface area contributed by atoms with Crippen molar-refractivity contribution in [3.8, 4) is 0 Å². The summed E-state index contributed by atoms with van der Waals surface area (Å²) >= 11 is 0. The maximum absolute atomic E-state index is 11.0. The van der Waals surface area contributed by atoms with E-state index in [1.54, 1.807) is 16.8 Å². The predicted molar refractivity (Wildman–Crippen MR) is 47.7 cm³/mol. The maximum Gasteiger partial charge on any atom is 0.234 e. The Kier molecular flexibility index (Phi) is 1.62. The quantitative estimate of drug-likeness (QED) is 0.612. The molecule has 4 nitrogen and oxygen atoms in total. The van der Waals surface area contributed by atoms with Gasteiger partial charge in [-0.15, -0.1) is 0 Å². The van der Waals surface area contributed by atoms with Crippen LogP contribution in [-0.4, -0.2) is 20.2 Å². The molecule has 4 heteroatoms. The molecular formula is C9H9N3O. The number of hydrogen-bond acceptors (Lipinski definition) is 3. The van der Waals surface area contributed by atoms with Crippen LogP contribution < -0.4 is 0 Å². The second kappa shape index (κ2) is 2.65. The third-order valence-corrected chi connectivity index (χ3v) is 1.80. The number of aromatic nitrogens is 3. The summed E-state index contributed by atoms with van der Waals surface area (Å²) in [6, 6.07) is 0. The minimum absolute atomic E-state index is 0.0387. The number of fused-ring (bicyclic) bond motifs is 1. The van der Waals surface area contributed by atoms with Gasteiger partial charge in [0.25, 0.3) is 0 Å². The molecule has 0 bridgehead atoms. The maximum atomic E-state index is 11.0. The molecular weight excluding hydrogens is 166 g/mol. The summed E-state index contributed by atoms with van der Waals surface area (Å²) in [6.45, 7) is 3.44. The Labute approximate surface area is 75.2 Å². The second-order valence-corrected chi connectivity index (χ2v) is 3.02. The number of carbonyl (C=O) groups excluding carboxylic acids is 1. The molecule has 2 rings (SSSR count). The lowest BCUT2D eigenvalue weighted by molar-refractivity contribution is 0.101. The van der Waals surface area contributed by atoms with E-state index in [9.17, 15) is 4.79 Å². The average molecular weight is 175 g/mol. The van der Waals surface area contributed by atoms with Gasteiger partial charge in [0.15, 0.2) is 5.78 Å². The van der Waals surface area contributed by atoms with Gasteiger partial charge in [-0.3, -0.25) is 9.20 Å². The van der Waals surface area contributed by atoms with E-state index in [2.05, 4.69) is 9.97 Å². The van der Waals surface area contributed by atoms with Crippen molar-refractivity contribution < 1.29 is 4.79 Å². The molecule has 13 heavy (non-hydrogen) atoms. The van der Waals surface area contributed by atoms with Crippen LogP contribution >= 0.6 is 0 Å². The molecule has 0 aliphatic heterocycles. The van der Waals surface area contributed by atoms with Crippen molar-refractivity contribution in [1.82, 2.24) is 14.4 Å². The Morgan fingerprint density at radius 3 is 2.92 bits per heavy atom. The van der Waals surface area contributed by atoms with Crippen molar-refractivity contribution >= 4 is 11.6 Å². The van der Waals surface area contributed by atoms with Crippen LogP contribution in [0.3, 0.4) is 0 Å². The van der Waals surface area contributed by atoms with Crippen molar-refractivity contribution in [2.75, 3.05) is 0 Å². The monoisotopic (exact) mass is 175 g/mol. The van der Waals surface area contributed by atoms with E-state index in [1.165, 1.54) is 6.92 Å². The van der Waals surface area contributed by atoms with Crippen molar-refractivity contribution in [3.63, 3.8) is 0 Å². The Hall–Kier alpha value is -1.71. The van der Waals surface area contributed by atoms with Gasteiger partial charge in [-0.25, -0.2) is 9.97 Å². The van der Waals surface area contributed by atoms with Crippen LogP contribution in [0.4, 0.5) is 0 Å². The van der Waals surface area contributed by atoms with E-state index in [-0.39, 0.29) is 5.78 Å². The molecule has 0 saturated carbocycles. The molecule has 0 aromatic carbocycles. The molecule has 2 aromatic rings. The highest BCUT2D eigenvalue weighted by molar-refractivity contribution is 5.92. The average Bonchev–Trinajstić information content (AvgIpc) is 2.46. The molecule has 0 N–H and O–H groups in total. The molecule has 0 atom stereocenters. The molecule has 0 aliphatic carbocycles. The van der Waals surface area contributed by atoms with Crippen LogP contribution in [0.25, 0.3) is 5.78 Å². The second-order valence-electron chi connectivity index (χ2n) is 3.02. The standard InChI is InChI=1S/C9H9N3O/c1-6-3-10-9-11-8(7(2)13)5-12(9)4-6/h3-5H,1-2H3. The fourth-order valence-electron chi connectivity index (χ4n) is 1.16. The Balaban J connectivity index is 2.68. The first-order valence-electron chi connectivity index (χ1n) is 3.99. The number of rotatable bonds is 1. The molecule has 0 fully saturated rings. The number of carbonyl (C=O) groups is 1. The van der Waals surface area contributed by atoms with Gasteiger partial charge < -0.3 is 0 Å². The number of Topliss-reactive ketones (excluding diaryl/α,β-unsaturated/α-hetero) is 1. The van der Waals surface area contributed by atoms with E-state index in [0.717, 1.165) is 5.56 Å². The topological polar surface area (TPSA) is 47.3 Å². The minimum atomic E-state index is -0.0387. The van der Waals surface area contributed by atoms with E-state index < -0.39 is 0 Å². The largest absolute Gasteiger partial charge is 0.293 e. The number of imidazole rings is 1. The summed E-state index contributed by atoms with van der Waals surface area (Å²) in [4.78, 5) is 19.1. The van der Waals surface area contributed by atoms with Crippen molar-refractivity contribution in [3.05, 3.63) is 29.8 Å². The minimum Gasteiger partial charge on any atom is -0.293 e. The Morgan fingerprint density at radius 2 is 2.23 bits per heavy atom. The predicted octanol–water partition coefficient (Wildman–Crippen LogP) is 1.24. The van der Waals surface area contributed by atoms with Crippen LogP contribution in [-0.2, 0) is 0 Å². The van der Waals surface area contributed by atoms with E-state index in [4.69, 9.17) is 0 Å². The molecule has 0 saturated heterocycles. The third kappa shape index (κ3) is 1.30. The smallest absolute Gasteiger partial charge is 0.234 e. The molecule has 0 unspecified atom stereocenters. The number of aryl methyl sites for hydroxylation is 1. The Morgan fingerprint density at radius 1 is 1.46 bits per heavy atom. The van der Waals surface area contributed by atoms with Crippen LogP contribution in [0.15, 0.2) is 18.6 Å². The van der Waals surface area contributed by atoms with Gasteiger partial charge in [-0.05, 0) is 12.5 Å². The van der Waals surface area contributed by atoms with Crippen molar-refractivity contribution in [1.29, 1.82) is 0 Å². The Bertz CT molecular complexity index is 473. The van der Waals surface area contributed by atoms with E-state index >= 15 is 0 Å². The van der Waals surface area contributed by atoms with Crippen molar-refractivity contribution in [2.45, 2.75) is 13.8 Å². The molecule has 0 radical (unpaired) electrons. The van der Waals surface area contributed by atoms with Gasteiger partial charge >= 0.3 is 0 Å². The lowest BCUT2D eigenvalue weighted by atomic mass is 10.3. The van der Waals surface area contributed by atoms with Gasteiger partial charge in [-0.2, -0.15) is 0 Å². The summed E-state index contributed by atoms with van der Waals surface area (Å²) < 4.78 is 1.76. The zero-order chi connectivity index (χ0) is 9.42. The number of hydrogen-bond donors (Lipinski definition) is 0. The van der Waals surface area contributed by atoms with E-state index in [0.29, 0.717) is 11.5 Å². The first-order chi connectivity index (χ1) is 6.16. The van der Waals surface area contributed by atoms with Gasteiger partial charge in [-0.1, -0.05) is 0 Å². The highest BCUT2D eigenvalue weighted by Gasteiger charge is 2.05. The molecule has 66 valence electrons. The first-order valence-corrected chi connectivity index (χ1v) is 3.99. The zero-order valence-electron chi connectivity index (χ0n) is 7.48. The highest BCUT2D eigenvalue weighted by Crippen LogP contribution is 2.04.